The highest BCUT2D eigenvalue weighted by molar-refractivity contribution is 8.00. The van der Waals surface area contributed by atoms with E-state index in [1.807, 2.05) is 12.3 Å². The van der Waals surface area contributed by atoms with Crippen molar-refractivity contribution in [1.82, 2.24) is 4.98 Å². The molecule has 86 valence electrons. The predicted octanol–water partition coefficient (Wildman–Crippen LogP) is 3.37. The molecule has 1 heterocycles. The molecule has 1 aromatic rings. The van der Waals surface area contributed by atoms with Crippen LogP contribution in [0.25, 0.3) is 0 Å². The quantitative estimate of drug-likeness (QED) is 0.818. The first kappa shape index (κ1) is 12.6. The van der Waals surface area contributed by atoms with Crippen molar-refractivity contribution in [1.29, 1.82) is 0 Å². The van der Waals surface area contributed by atoms with Crippen LogP contribution in [0.3, 0.4) is 0 Å². The van der Waals surface area contributed by atoms with Gasteiger partial charge in [-0.3, -0.25) is 0 Å². The van der Waals surface area contributed by atoms with Gasteiger partial charge in [-0.15, -0.1) is 11.3 Å². The van der Waals surface area contributed by atoms with Crippen molar-refractivity contribution < 1.29 is 13.2 Å². The third-order valence-corrected chi connectivity index (χ3v) is 3.14. The third kappa shape index (κ3) is 5.27. The summed E-state index contributed by atoms with van der Waals surface area (Å²) in [6, 6.07) is 0. The molecule has 0 amide bonds. The van der Waals surface area contributed by atoms with E-state index in [1.54, 1.807) is 0 Å². The summed E-state index contributed by atoms with van der Waals surface area (Å²) in [5, 5.41) is 5.45. The largest absolute Gasteiger partial charge is 0.441 e. The Hall–Kier alpha value is -0.430. The lowest BCUT2D eigenvalue weighted by Crippen LogP contribution is -2.09. The minimum Gasteiger partial charge on any atom is -0.361 e. The number of nitrogens with zero attached hydrogens (tertiary/aromatic N) is 1. The lowest BCUT2D eigenvalue weighted by atomic mass is 10.4. The Morgan fingerprint density at radius 2 is 2.27 bits per heavy atom. The Labute approximate surface area is 94.3 Å². The zero-order valence-corrected chi connectivity index (χ0v) is 9.73. The summed E-state index contributed by atoms with van der Waals surface area (Å²) in [7, 11) is 0. The van der Waals surface area contributed by atoms with E-state index in [2.05, 4.69) is 10.3 Å². The molecule has 0 bridgehead atoms. The normalized spacial score (nSPS) is 11.7. The molecule has 0 aliphatic carbocycles. The maximum Gasteiger partial charge on any atom is 0.441 e. The van der Waals surface area contributed by atoms with Gasteiger partial charge in [0.1, 0.15) is 0 Å². The van der Waals surface area contributed by atoms with Crippen LogP contribution in [0.2, 0.25) is 0 Å². The first-order valence-electron chi connectivity index (χ1n) is 4.40. The van der Waals surface area contributed by atoms with Crippen LogP contribution in [0.15, 0.2) is 5.38 Å². The van der Waals surface area contributed by atoms with Crippen molar-refractivity contribution in [2.24, 2.45) is 0 Å². The Bertz CT molecular complexity index is 298. The molecule has 0 atom stereocenters. The first-order chi connectivity index (χ1) is 7.01. The molecule has 0 aromatic carbocycles. The minimum absolute atomic E-state index is 0.00450. The second kappa shape index (κ2) is 5.60. The number of thioether (sulfide) groups is 1. The smallest absolute Gasteiger partial charge is 0.361 e. The maximum atomic E-state index is 11.8. The molecule has 1 rings (SSSR count). The highest BCUT2D eigenvalue weighted by Crippen LogP contribution is 2.29. The number of hydrogen-bond donors (Lipinski definition) is 1. The van der Waals surface area contributed by atoms with Gasteiger partial charge in [0.15, 0.2) is 5.13 Å². The predicted molar refractivity (Wildman–Crippen MR) is 58.5 cm³/mol. The number of thiazole rings is 1. The van der Waals surface area contributed by atoms with Gasteiger partial charge in [-0.2, -0.15) is 13.2 Å². The van der Waals surface area contributed by atoms with Gasteiger partial charge in [0, 0.05) is 17.7 Å². The van der Waals surface area contributed by atoms with E-state index in [0.717, 1.165) is 12.1 Å². The van der Waals surface area contributed by atoms with Crippen LogP contribution in [-0.2, 0) is 6.42 Å². The van der Waals surface area contributed by atoms with Crippen LogP contribution < -0.4 is 5.32 Å². The molecule has 1 aromatic heterocycles. The summed E-state index contributed by atoms with van der Waals surface area (Å²) in [5.74, 6) is 0.00450. The molecule has 0 aliphatic rings. The summed E-state index contributed by atoms with van der Waals surface area (Å²) in [4.78, 5) is 4.18. The van der Waals surface area contributed by atoms with Crippen LogP contribution in [0.5, 0.6) is 0 Å². The summed E-state index contributed by atoms with van der Waals surface area (Å²) >= 11 is 1.40. The lowest BCUT2D eigenvalue weighted by Gasteiger charge is -2.05. The van der Waals surface area contributed by atoms with E-state index in [4.69, 9.17) is 0 Å². The molecule has 0 aliphatic heterocycles. The Morgan fingerprint density at radius 3 is 2.80 bits per heavy atom. The van der Waals surface area contributed by atoms with Crippen molar-refractivity contribution in [3.8, 4) is 0 Å². The molecule has 7 heteroatoms. The van der Waals surface area contributed by atoms with E-state index < -0.39 is 5.51 Å². The number of anilines is 1. The average molecular weight is 256 g/mol. The molecule has 0 spiro atoms. The van der Waals surface area contributed by atoms with Crippen molar-refractivity contribution in [3.05, 3.63) is 11.1 Å². The molecule has 0 saturated carbocycles. The summed E-state index contributed by atoms with van der Waals surface area (Å²) in [6.45, 7) is 2.26. The average Bonchev–Trinajstić information content (AvgIpc) is 2.59. The van der Waals surface area contributed by atoms with Gasteiger partial charge in [-0.25, -0.2) is 4.98 Å². The Morgan fingerprint density at radius 1 is 1.53 bits per heavy atom. The lowest BCUT2D eigenvalue weighted by molar-refractivity contribution is -0.0327. The second-order valence-electron chi connectivity index (χ2n) is 2.72. The molecule has 15 heavy (non-hydrogen) atoms. The molecule has 0 saturated heterocycles. The fourth-order valence-corrected chi connectivity index (χ4v) is 2.13. The fourth-order valence-electron chi connectivity index (χ4n) is 0.875. The van der Waals surface area contributed by atoms with E-state index in [-0.39, 0.29) is 24.1 Å². The topological polar surface area (TPSA) is 24.9 Å². The number of aryl methyl sites for hydroxylation is 1. The monoisotopic (exact) mass is 256 g/mol. The first-order valence-corrected chi connectivity index (χ1v) is 6.26. The molecule has 0 radical (unpaired) electrons. The molecule has 0 fully saturated rings. The van der Waals surface area contributed by atoms with Crippen LogP contribution in [0.4, 0.5) is 18.3 Å². The SMILES string of the molecule is CCc1csc(NCCSC(F)(F)F)n1. The maximum absolute atomic E-state index is 11.8. The van der Waals surface area contributed by atoms with Crippen molar-refractivity contribution >= 4 is 28.2 Å². The van der Waals surface area contributed by atoms with E-state index in [9.17, 15) is 13.2 Å². The van der Waals surface area contributed by atoms with Gasteiger partial charge in [-0.1, -0.05) is 6.92 Å². The number of halogens is 3. The zero-order valence-electron chi connectivity index (χ0n) is 8.10. The standard InChI is InChI=1S/C8H11F3N2S2/c1-2-6-5-14-7(13-6)12-3-4-15-8(9,10)11/h5H,2-4H2,1H3,(H,12,13). The van der Waals surface area contributed by atoms with E-state index in [0.29, 0.717) is 5.13 Å². The van der Waals surface area contributed by atoms with Crippen LogP contribution in [0, 0.1) is 0 Å². The van der Waals surface area contributed by atoms with Gasteiger partial charge in [0.25, 0.3) is 0 Å². The number of rotatable bonds is 5. The summed E-state index contributed by atoms with van der Waals surface area (Å²) in [5.41, 5.74) is -3.18. The van der Waals surface area contributed by atoms with Crippen molar-refractivity contribution in [2.45, 2.75) is 18.9 Å². The van der Waals surface area contributed by atoms with Gasteiger partial charge in [0.2, 0.25) is 0 Å². The van der Waals surface area contributed by atoms with Crippen molar-refractivity contribution in [3.63, 3.8) is 0 Å². The van der Waals surface area contributed by atoms with Crippen LogP contribution in [-0.4, -0.2) is 22.8 Å². The van der Waals surface area contributed by atoms with E-state index >= 15 is 0 Å². The fraction of sp³-hybridized carbons (Fsp3) is 0.625. The highest BCUT2D eigenvalue weighted by atomic mass is 32.2. The zero-order chi connectivity index (χ0) is 11.3. The second-order valence-corrected chi connectivity index (χ2v) is 4.74. The molecule has 2 nitrogen and oxygen atoms in total. The molecular weight excluding hydrogens is 245 g/mol. The highest BCUT2D eigenvalue weighted by Gasteiger charge is 2.27. The van der Waals surface area contributed by atoms with E-state index in [1.165, 1.54) is 11.3 Å². The summed E-state index contributed by atoms with van der Waals surface area (Å²) in [6.07, 6.45) is 0.843. The number of nitrogens with one attached hydrogen (secondary N) is 1. The van der Waals surface area contributed by atoms with Gasteiger partial charge < -0.3 is 5.32 Å². The molecular formula is C8H11F3N2S2. The van der Waals surface area contributed by atoms with Gasteiger partial charge in [-0.05, 0) is 18.2 Å². The molecule has 1 N–H and O–H groups in total. The summed E-state index contributed by atoms with van der Waals surface area (Å²) < 4.78 is 35.3. The Balaban J connectivity index is 2.20. The third-order valence-electron chi connectivity index (χ3n) is 1.56. The number of aromatic nitrogens is 1. The van der Waals surface area contributed by atoms with Crippen LogP contribution >= 0.6 is 23.1 Å². The number of alkyl halides is 3. The molecule has 0 unspecified atom stereocenters. The Kier molecular flexibility index (Phi) is 4.72. The number of hydrogen-bond acceptors (Lipinski definition) is 4. The minimum atomic E-state index is -4.14. The van der Waals surface area contributed by atoms with Gasteiger partial charge in [0.05, 0.1) is 5.69 Å². The van der Waals surface area contributed by atoms with Crippen LogP contribution in [0.1, 0.15) is 12.6 Å². The van der Waals surface area contributed by atoms with Gasteiger partial charge >= 0.3 is 5.51 Å². The van der Waals surface area contributed by atoms with Crippen molar-refractivity contribution in [2.75, 3.05) is 17.6 Å².